The van der Waals surface area contributed by atoms with E-state index in [0.29, 0.717) is 17.7 Å². The molecule has 0 saturated heterocycles. The van der Waals surface area contributed by atoms with Crippen molar-refractivity contribution in [3.8, 4) is 5.75 Å². The highest BCUT2D eigenvalue weighted by Crippen LogP contribution is 2.34. The van der Waals surface area contributed by atoms with Gasteiger partial charge in [0, 0.05) is 6.54 Å². The van der Waals surface area contributed by atoms with Crippen LogP contribution in [-0.4, -0.2) is 30.3 Å². The molecule has 0 amide bonds. The van der Waals surface area contributed by atoms with Crippen molar-refractivity contribution in [2.24, 2.45) is 0 Å². The molecule has 6 nitrogen and oxygen atoms in total. The molecule has 3 aromatic carbocycles. The van der Waals surface area contributed by atoms with E-state index in [0.717, 1.165) is 15.4 Å². The smallest absolute Gasteiger partial charge is 0.326 e. The van der Waals surface area contributed by atoms with Gasteiger partial charge in [-0.25, -0.2) is 12.8 Å². The quantitative estimate of drug-likeness (QED) is 0.630. The van der Waals surface area contributed by atoms with Crippen LogP contribution in [0.25, 0.3) is 0 Å². The first-order chi connectivity index (χ1) is 14.9. The predicted molar refractivity (Wildman–Crippen MR) is 112 cm³/mol. The SMILES string of the molecule is O=C(O)[C@H]1c2ccccc2CCN1S(=O)(=O)c1ccc(OCc2ccc(F)cc2)cc1. The number of halogens is 1. The van der Waals surface area contributed by atoms with Crippen molar-refractivity contribution >= 4 is 16.0 Å². The van der Waals surface area contributed by atoms with E-state index in [4.69, 9.17) is 4.74 Å². The third-order valence-electron chi connectivity index (χ3n) is 5.22. The Labute approximate surface area is 179 Å². The molecule has 0 radical (unpaired) electrons. The Hall–Kier alpha value is -3.23. The van der Waals surface area contributed by atoms with Crippen LogP contribution in [0.1, 0.15) is 22.7 Å². The van der Waals surface area contributed by atoms with Gasteiger partial charge in [0.2, 0.25) is 10.0 Å². The summed E-state index contributed by atoms with van der Waals surface area (Å²) in [6, 6.07) is 17.4. The number of hydrogen-bond acceptors (Lipinski definition) is 4. The molecule has 1 heterocycles. The van der Waals surface area contributed by atoms with Gasteiger partial charge in [0.15, 0.2) is 0 Å². The molecule has 160 valence electrons. The summed E-state index contributed by atoms with van der Waals surface area (Å²) in [6.45, 7) is 0.287. The van der Waals surface area contributed by atoms with Crippen LogP contribution in [0.5, 0.6) is 5.75 Å². The summed E-state index contributed by atoms with van der Waals surface area (Å²) in [4.78, 5) is 11.9. The van der Waals surface area contributed by atoms with Crippen LogP contribution in [0.4, 0.5) is 4.39 Å². The molecular formula is C23H20FNO5S. The summed E-state index contributed by atoms with van der Waals surface area (Å²) in [6.07, 6.45) is 0.443. The van der Waals surface area contributed by atoms with E-state index in [-0.39, 0.29) is 23.9 Å². The van der Waals surface area contributed by atoms with Gasteiger partial charge in [-0.3, -0.25) is 4.79 Å². The minimum absolute atomic E-state index is 0.00716. The Bertz CT molecular complexity index is 1190. The highest BCUT2D eigenvalue weighted by Gasteiger charge is 2.40. The average molecular weight is 441 g/mol. The molecule has 0 saturated carbocycles. The van der Waals surface area contributed by atoms with E-state index in [2.05, 4.69) is 0 Å². The van der Waals surface area contributed by atoms with E-state index in [1.54, 1.807) is 24.3 Å². The van der Waals surface area contributed by atoms with Crippen molar-refractivity contribution in [3.05, 3.63) is 95.3 Å². The predicted octanol–water partition coefficient (Wildman–Crippen LogP) is 3.78. The molecule has 1 aliphatic heterocycles. The van der Waals surface area contributed by atoms with Crippen LogP contribution < -0.4 is 4.74 Å². The number of ether oxygens (including phenoxy) is 1. The molecule has 0 bridgehead atoms. The standard InChI is InChI=1S/C23H20FNO5S/c24-18-7-5-16(6-8-18)15-30-19-9-11-20(12-10-19)31(28,29)25-14-13-17-3-1-2-4-21(17)22(25)23(26)27/h1-12,22H,13-15H2,(H,26,27)/t22-/m1/s1. The number of hydrogen-bond donors (Lipinski definition) is 1. The van der Waals surface area contributed by atoms with E-state index in [1.165, 1.54) is 36.4 Å². The number of rotatable bonds is 6. The zero-order chi connectivity index (χ0) is 22.0. The van der Waals surface area contributed by atoms with E-state index in [9.17, 15) is 22.7 Å². The first kappa shape index (κ1) is 21.0. The number of carbonyl (C=O) groups is 1. The third-order valence-corrected chi connectivity index (χ3v) is 7.10. The van der Waals surface area contributed by atoms with E-state index >= 15 is 0 Å². The molecule has 1 atom stereocenters. The number of carboxylic acids is 1. The third kappa shape index (κ3) is 4.30. The number of nitrogens with zero attached hydrogens (tertiary/aromatic N) is 1. The van der Waals surface area contributed by atoms with Crippen molar-refractivity contribution in [3.63, 3.8) is 0 Å². The lowest BCUT2D eigenvalue weighted by atomic mass is 9.94. The second-order valence-electron chi connectivity index (χ2n) is 7.19. The number of sulfonamides is 1. The van der Waals surface area contributed by atoms with Crippen molar-refractivity contribution in [2.45, 2.75) is 24.0 Å². The molecule has 4 rings (SSSR count). The summed E-state index contributed by atoms with van der Waals surface area (Å²) in [5.41, 5.74) is 2.10. The maximum atomic E-state index is 13.2. The summed E-state index contributed by atoms with van der Waals surface area (Å²) in [5, 5.41) is 9.76. The molecule has 0 fully saturated rings. The fraction of sp³-hybridized carbons (Fsp3) is 0.174. The molecule has 1 aliphatic rings. The van der Waals surface area contributed by atoms with Crippen LogP contribution in [0, 0.1) is 5.82 Å². The zero-order valence-corrected chi connectivity index (χ0v) is 17.3. The molecule has 8 heteroatoms. The fourth-order valence-electron chi connectivity index (χ4n) is 3.65. The van der Waals surface area contributed by atoms with Crippen LogP contribution in [-0.2, 0) is 27.8 Å². The number of aliphatic carboxylic acids is 1. The molecular weight excluding hydrogens is 421 g/mol. The Morgan fingerprint density at radius 2 is 1.71 bits per heavy atom. The lowest BCUT2D eigenvalue weighted by Crippen LogP contribution is -2.43. The van der Waals surface area contributed by atoms with Gasteiger partial charge in [-0.1, -0.05) is 36.4 Å². The second-order valence-corrected chi connectivity index (χ2v) is 9.08. The Kier molecular flexibility index (Phi) is 5.75. The minimum atomic E-state index is -4.03. The average Bonchev–Trinajstić information content (AvgIpc) is 2.78. The van der Waals surface area contributed by atoms with Crippen molar-refractivity contribution in [1.29, 1.82) is 0 Å². The van der Waals surface area contributed by atoms with Gasteiger partial charge >= 0.3 is 5.97 Å². The second kappa shape index (κ2) is 8.49. The highest BCUT2D eigenvalue weighted by atomic mass is 32.2. The minimum Gasteiger partial charge on any atom is -0.489 e. The number of benzene rings is 3. The van der Waals surface area contributed by atoms with Crippen molar-refractivity contribution in [2.75, 3.05) is 6.54 Å². The van der Waals surface area contributed by atoms with E-state index in [1.807, 2.05) is 12.1 Å². The van der Waals surface area contributed by atoms with Gasteiger partial charge in [0.05, 0.1) is 4.90 Å². The molecule has 3 aromatic rings. The van der Waals surface area contributed by atoms with E-state index < -0.39 is 22.0 Å². The Morgan fingerprint density at radius 3 is 2.39 bits per heavy atom. The molecule has 0 aliphatic carbocycles. The van der Waals surface area contributed by atoms with Crippen LogP contribution in [0.2, 0.25) is 0 Å². The fourth-order valence-corrected chi connectivity index (χ4v) is 5.21. The Morgan fingerprint density at radius 1 is 1.03 bits per heavy atom. The number of fused-ring (bicyclic) bond motifs is 1. The molecule has 1 N–H and O–H groups in total. The van der Waals surface area contributed by atoms with Gasteiger partial charge in [-0.05, 0) is 59.5 Å². The zero-order valence-electron chi connectivity index (χ0n) is 16.4. The van der Waals surface area contributed by atoms with Crippen LogP contribution in [0.3, 0.4) is 0 Å². The summed E-state index contributed by atoms with van der Waals surface area (Å²) >= 11 is 0. The van der Waals surface area contributed by atoms with Crippen LogP contribution >= 0.6 is 0 Å². The lowest BCUT2D eigenvalue weighted by Gasteiger charge is -2.33. The van der Waals surface area contributed by atoms with Crippen LogP contribution in [0.15, 0.2) is 77.7 Å². The topological polar surface area (TPSA) is 83.9 Å². The normalized spacial score (nSPS) is 16.5. The molecule has 31 heavy (non-hydrogen) atoms. The van der Waals surface area contributed by atoms with Gasteiger partial charge in [0.25, 0.3) is 0 Å². The summed E-state index contributed by atoms with van der Waals surface area (Å²) in [5.74, 6) is -1.10. The summed E-state index contributed by atoms with van der Waals surface area (Å²) < 4.78 is 46.1. The lowest BCUT2D eigenvalue weighted by molar-refractivity contribution is -0.142. The molecule has 0 spiro atoms. The maximum Gasteiger partial charge on any atom is 0.326 e. The first-order valence-electron chi connectivity index (χ1n) is 9.66. The van der Waals surface area contributed by atoms with Gasteiger partial charge < -0.3 is 9.84 Å². The van der Waals surface area contributed by atoms with Gasteiger partial charge in [-0.15, -0.1) is 0 Å². The molecule has 0 unspecified atom stereocenters. The molecule has 0 aromatic heterocycles. The van der Waals surface area contributed by atoms with Gasteiger partial charge in [0.1, 0.15) is 24.2 Å². The highest BCUT2D eigenvalue weighted by molar-refractivity contribution is 7.89. The largest absolute Gasteiger partial charge is 0.489 e. The maximum absolute atomic E-state index is 13.2. The summed E-state index contributed by atoms with van der Waals surface area (Å²) in [7, 11) is -4.03. The van der Waals surface area contributed by atoms with Crippen molar-refractivity contribution < 1.29 is 27.4 Å². The first-order valence-corrected chi connectivity index (χ1v) is 11.1. The Balaban J connectivity index is 1.54. The number of carboxylic acid groups (broad SMARTS) is 1. The monoisotopic (exact) mass is 441 g/mol. The van der Waals surface area contributed by atoms with Gasteiger partial charge in [-0.2, -0.15) is 4.31 Å². The van der Waals surface area contributed by atoms with Crippen molar-refractivity contribution in [1.82, 2.24) is 4.31 Å².